The highest BCUT2D eigenvalue weighted by Crippen LogP contribution is 2.34. The number of aliphatic carboxylic acids is 1. The maximum absolute atomic E-state index is 12.1. The predicted molar refractivity (Wildman–Crippen MR) is 67.3 cm³/mol. The fourth-order valence-corrected chi connectivity index (χ4v) is 2.56. The third kappa shape index (κ3) is 3.02. The molecule has 0 saturated carbocycles. The number of carbonyl (C=O) groups is 2. The van der Waals surface area contributed by atoms with Gasteiger partial charge < -0.3 is 14.7 Å². The Bertz CT molecular complexity index is 316. The van der Waals surface area contributed by atoms with E-state index in [-0.39, 0.29) is 18.6 Å². The number of carboxylic acids is 1. The molecule has 0 aromatic heterocycles. The summed E-state index contributed by atoms with van der Waals surface area (Å²) in [6.45, 7) is 6.14. The topological polar surface area (TPSA) is 66.8 Å². The van der Waals surface area contributed by atoms with Gasteiger partial charge in [0, 0.05) is 6.54 Å². The molecule has 1 unspecified atom stereocenters. The molecule has 1 aliphatic heterocycles. The van der Waals surface area contributed by atoms with Gasteiger partial charge in [-0.1, -0.05) is 13.3 Å². The van der Waals surface area contributed by atoms with E-state index < -0.39 is 11.5 Å². The van der Waals surface area contributed by atoms with Crippen LogP contribution in [0.5, 0.6) is 0 Å². The Morgan fingerprint density at radius 2 is 2.11 bits per heavy atom. The van der Waals surface area contributed by atoms with E-state index in [0.29, 0.717) is 19.4 Å². The van der Waals surface area contributed by atoms with Gasteiger partial charge in [0.25, 0.3) is 0 Å². The number of carboxylic acid groups (broad SMARTS) is 1. The van der Waals surface area contributed by atoms with Crippen LogP contribution >= 0.6 is 0 Å². The van der Waals surface area contributed by atoms with Crippen molar-refractivity contribution in [2.24, 2.45) is 0 Å². The van der Waals surface area contributed by atoms with Gasteiger partial charge in [-0.15, -0.1) is 0 Å². The molecule has 104 valence electrons. The summed E-state index contributed by atoms with van der Waals surface area (Å²) >= 11 is 0. The Morgan fingerprint density at radius 1 is 1.44 bits per heavy atom. The van der Waals surface area contributed by atoms with E-state index in [2.05, 4.69) is 0 Å². The van der Waals surface area contributed by atoms with E-state index in [1.54, 1.807) is 0 Å². The molecule has 1 atom stereocenters. The summed E-state index contributed by atoms with van der Waals surface area (Å²) in [5.41, 5.74) is -1.01. The number of nitrogens with zero attached hydrogens (tertiary/aromatic N) is 1. The largest absolute Gasteiger partial charge is 0.479 e. The molecule has 5 heteroatoms. The number of hydrogen-bond acceptors (Lipinski definition) is 3. The van der Waals surface area contributed by atoms with Crippen molar-refractivity contribution in [3.05, 3.63) is 0 Å². The van der Waals surface area contributed by atoms with Crippen molar-refractivity contribution in [2.45, 2.75) is 58.1 Å². The normalized spacial score (nSPS) is 23.7. The molecule has 1 fully saturated rings. The lowest BCUT2D eigenvalue weighted by Crippen LogP contribution is -2.54. The van der Waals surface area contributed by atoms with Gasteiger partial charge >= 0.3 is 5.97 Å². The fraction of sp³-hybridized carbons (Fsp3) is 0.846. The predicted octanol–water partition coefficient (Wildman–Crippen LogP) is 1.66. The summed E-state index contributed by atoms with van der Waals surface area (Å²) in [5.74, 6) is -1.10. The number of rotatable bonds is 6. The van der Waals surface area contributed by atoms with Crippen molar-refractivity contribution in [1.29, 1.82) is 0 Å². The van der Waals surface area contributed by atoms with Crippen LogP contribution in [0.15, 0.2) is 0 Å². The zero-order valence-electron chi connectivity index (χ0n) is 11.4. The summed E-state index contributed by atoms with van der Waals surface area (Å²) < 4.78 is 5.28. The molecule has 0 bridgehead atoms. The lowest BCUT2D eigenvalue weighted by atomic mass is 9.90. The monoisotopic (exact) mass is 257 g/mol. The molecule has 0 aliphatic carbocycles. The molecular formula is C13H23NO4. The van der Waals surface area contributed by atoms with E-state index in [1.807, 2.05) is 20.8 Å². The Balaban J connectivity index is 2.78. The number of ether oxygens (including phenoxy) is 1. The first-order chi connectivity index (χ1) is 8.44. The van der Waals surface area contributed by atoms with E-state index in [1.165, 1.54) is 4.90 Å². The lowest BCUT2D eigenvalue weighted by Gasteiger charge is -2.34. The van der Waals surface area contributed by atoms with Gasteiger partial charge in [-0.25, -0.2) is 4.79 Å². The first-order valence-electron chi connectivity index (χ1n) is 6.59. The number of likely N-dealkylation sites (tertiary alicyclic amines) is 1. The third-order valence-electron chi connectivity index (χ3n) is 3.39. The summed E-state index contributed by atoms with van der Waals surface area (Å²) in [4.78, 5) is 25.1. The zero-order chi connectivity index (χ0) is 13.8. The standard InChI is InChI=1S/C13H23NO4/c1-4-6-13(12(16)17)7-5-8-14(13)11(15)9-18-10(2)3/h10H,4-9H2,1-3H3,(H,16,17). The van der Waals surface area contributed by atoms with Gasteiger partial charge in [-0.2, -0.15) is 0 Å². The van der Waals surface area contributed by atoms with Crippen LogP contribution in [0.3, 0.4) is 0 Å². The van der Waals surface area contributed by atoms with E-state index >= 15 is 0 Å². The molecule has 1 rings (SSSR count). The first kappa shape index (κ1) is 15.0. The molecule has 1 saturated heterocycles. The van der Waals surface area contributed by atoms with Crippen molar-refractivity contribution < 1.29 is 19.4 Å². The van der Waals surface area contributed by atoms with Crippen LogP contribution in [0.2, 0.25) is 0 Å². The molecular weight excluding hydrogens is 234 g/mol. The molecule has 1 amide bonds. The Morgan fingerprint density at radius 3 is 2.61 bits per heavy atom. The Labute approximate surface area is 108 Å². The average molecular weight is 257 g/mol. The second-order valence-electron chi connectivity index (χ2n) is 5.10. The van der Waals surface area contributed by atoms with E-state index in [4.69, 9.17) is 4.74 Å². The van der Waals surface area contributed by atoms with Gasteiger partial charge in [-0.3, -0.25) is 4.79 Å². The van der Waals surface area contributed by atoms with Gasteiger partial charge in [0.15, 0.2) is 0 Å². The molecule has 18 heavy (non-hydrogen) atoms. The van der Waals surface area contributed by atoms with Crippen LogP contribution in [-0.4, -0.2) is 46.7 Å². The highest BCUT2D eigenvalue weighted by atomic mass is 16.5. The smallest absolute Gasteiger partial charge is 0.329 e. The van der Waals surface area contributed by atoms with E-state index in [9.17, 15) is 14.7 Å². The summed E-state index contributed by atoms with van der Waals surface area (Å²) in [6.07, 6.45) is 2.53. The molecule has 1 aliphatic rings. The zero-order valence-corrected chi connectivity index (χ0v) is 11.4. The molecule has 0 aromatic rings. The minimum atomic E-state index is -1.01. The maximum Gasteiger partial charge on any atom is 0.329 e. The SMILES string of the molecule is CCCC1(C(=O)O)CCCN1C(=O)COC(C)C. The summed E-state index contributed by atoms with van der Waals surface area (Å²) in [6, 6.07) is 0. The second kappa shape index (κ2) is 6.18. The quantitative estimate of drug-likeness (QED) is 0.785. The average Bonchev–Trinajstić information content (AvgIpc) is 2.71. The van der Waals surface area contributed by atoms with Gasteiger partial charge in [0.05, 0.1) is 6.10 Å². The van der Waals surface area contributed by atoms with Crippen LogP contribution < -0.4 is 0 Å². The Kier molecular flexibility index (Phi) is 5.14. The van der Waals surface area contributed by atoms with Crippen LogP contribution in [-0.2, 0) is 14.3 Å². The van der Waals surface area contributed by atoms with Crippen LogP contribution in [0, 0.1) is 0 Å². The maximum atomic E-state index is 12.1. The minimum absolute atomic E-state index is 0.0260. The molecule has 0 spiro atoms. The number of hydrogen-bond donors (Lipinski definition) is 1. The van der Waals surface area contributed by atoms with Crippen molar-refractivity contribution >= 4 is 11.9 Å². The van der Waals surface area contributed by atoms with Gasteiger partial charge in [0.1, 0.15) is 12.1 Å². The summed E-state index contributed by atoms with van der Waals surface area (Å²) in [7, 11) is 0. The second-order valence-corrected chi connectivity index (χ2v) is 5.10. The number of carbonyl (C=O) groups excluding carboxylic acids is 1. The lowest BCUT2D eigenvalue weighted by molar-refractivity contribution is -0.159. The summed E-state index contributed by atoms with van der Waals surface area (Å²) in [5, 5.41) is 9.46. The highest BCUT2D eigenvalue weighted by Gasteiger charge is 2.48. The third-order valence-corrected chi connectivity index (χ3v) is 3.39. The van der Waals surface area contributed by atoms with Crippen LogP contribution in [0.1, 0.15) is 46.5 Å². The van der Waals surface area contributed by atoms with Gasteiger partial charge in [-0.05, 0) is 33.1 Å². The van der Waals surface area contributed by atoms with Crippen LogP contribution in [0.4, 0.5) is 0 Å². The van der Waals surface area contributed by atoms with Crippen LogP contribution in [0.25, 0.3) is 0 Å². The minimum Gasteiger partial charge on any atom is -0.479 e. The van der Waals surface area contributed by atoms with Crippen molar-refractivity contribution in [3.8, 4) is 0 Å². The van der Waals surface area contributed by atoms with Gasteiger partial charge in [0.2, 0.25) is 5.91 Å². The van der Waals surface area contributed by atoms with Crippen molar-refractivity contribution in [2.75, 3.05) is 13.2 Å². The van der Waals surface area contributed by atoms with Crippen molar-refractivity contribution in [3.63, 3.8) is 0 Å². The molecule has 5 nitrogen and oxygen atoms in total. The fourth-order valence-electron chi connectivity index (χ4n) is 2.56. The molecule has 1 heterocycles. The number of amides is 1. The highest BCUT2D eigenvalue weighted by molar-refractivity contribution is 5.88. The first-order valence-corrected chi connectivity index (χ1v) is 6.59. The Hall–Kier alpha value is -1.10. The molecule has 0 radical (unpaired) electrons. The molecule has 1 N–H and O–H groups in total. The van der Waals surface area contributed by atoms with Crippen molar-refractivity contribution in [1.82, 2.24) is 4.90 Å². The molecule has 0 aromatic carbocycles. The van der Waals surface area contributed by atoms with E-state index in [0.717, 1.165) is 12.8 Å².